The molecule has 2 N–H and O–H groups in total. The van der Waals surface area contributed by atoms with Crippen LogP contribution in [0.1, 0.15) is 12.8 Å². The van der Waals surface area contributed by atoms with Gasteiger partial charge in [-0.3, -0.25) is 4.79 Å². The van der Waals surface area contributed by atoms with Crippen LogP contribution in [0.15, 0.2) is 18.2 Å². The van der Waals surface area contributed by atoms with Gasteiger partial charge in [0.05, 0.1) is 0 Å². The van der Waals surface area contributed by atoms with E-state index in [4.69, 9.17) is 0 Å². The Balaban J connectivity index is 0.00000162. The lowest BCUT2D eigenvalue weighted by Crippen LogP contribution is -2.18. The summed E-state index contributed by atoms with van der Waals surface area (Å²) in [4.78, 5) is 11.6. The molecule has 2 rings (SSSR count). The molecule has 1 unspecified atom stereocenters. The molecule has 0 saturated carbocycles. The van der Waals surface area contributed by atoms with Crippen molar-refractivity contribution in [2.24, 2.45) is 5.92 Å². The summed E-state index contributed by atoms with van der Waals surface area (Å²) in [5.41, 5.74) is 0.165. The van der Waals surface area contributed by atoms with Gasteiger partial charge in [-0.1, -0.05) is 0 Å². The van der Waals surface area contributed by atoms with Crippen molar-refractivity contribution in [2.45, 2.75) is 12.8 Å². The van der Waals surface area contributed by atoms with Crippen LogP contribution in [0.5, 0.6) is 0 Å². The minimum Gasteiger partial charge on any atom is -0.326 e. The lowest BCUT2D eigenvalue weighted by atomic mass is 10.0. The SMILES string of the molecule is Cl.O=C(CC1CCNC1)Nc1cc(F)cc(F)c1. The molecule has 0 aliphatic carbocycles. The lowest BCUT2D eigenvalue weighted by Gasteiger charge is -2.09. The second-order valence-corrected chi connectivity index (χ2v) is 4.27. The fourth-order valence-corrected chi connectivity index (χ4v) is 1.99. The molecule has 1 saturated heterocycles. The van der Waals surface area contributed by atoms with Gasteiger partial charge in [-0.2, -0.15) is 0 Å². The number of carbonyl (C=O) groups is 1. The average Bonchev–Trinajstić information content (AvgIpc) is 2.67. The van der Waals surface area contributed by atoms with Crippen LogP contribution in [0.2, 0.25) is 0 Å². The third kappa shape index (κ3) is 4.23. The molecular formula is C12H15ClF2N2O. The van der Waals surface area contributed by atoms with Crippen molar-refractivity contribution in [1.29, 1.82) is 0 Å². The smallest absolute Gasteiger partial charge is 0.224 e. The van der Waals surface area contributed by atoms with Crippen LogP contribution in [0.3, 0.4) is 0 Å². The average molecular weight is 277 g/mol. The third-order valence-electron chi connectivity index (χ3n) is 2.78. The van der Waals surface area contributed by atoms with Crippen LogP contribution < -0.4 is 10.6 Å². The number of hydrogen-bond acceptors (Lipinski definition) is 2. The summed E-state index contributed by atoms with van der Waals surface area (Å²) in [5, 5.41) is 5.66. The first-order valence-electron chi connectivity index (χ1n) is 5.60. The van der Waals surface area contributed by atoms with Crippen molar-refractivity contribution in [3.63, 3.8) is 0 Å². The van der Waals surface area contributed by atoms with Gasteiger partial charge in [0, 0.05) is 18.2 Å². The molecule has 0 radical (unpaired) electrons. The minimum atomic E-state index is -0.692. The zero-order valence-electron chi connectivity index (χ0n) is 9.71. The van der Waals surface area contributed by atoms with Crippen molar-refractivity contribution in [3.05, 3.63) is 29.8 Å². The first-order valence-corrected chi connectivity index (χ1v) is 5.60. The van der Waals surface area contributed by atoms with Crippen LogP contribution in [-0.4, -0.2) is 19.0 Å². The summed E-state index contributed by atoms with van der Waals surface area (Å²) >= 11 is 0. The number of amides is 1. The highest BCUT2D eigenvalue weighted by Crippen LogP contribution is 2.16. The summed E-state index contributed by atoms with van der Waals surface area (Å²) in [6.07, 6.45) is 1.34. The van der Waals surface area contributed by atoms with E-state index in [-0.39, 0.29) is 24.0 Å². The lowest BCUT2D eigenvalue weighted by molar-refractivity contribution is -0.116. The number of hydrogen-bond donors (Lipinski definition) is 2. The van der Waals surface area contributed by atoms with Gasteiger partial charge >= 0.3 is 0 Å². The molecule has 0 spiro atoms. The van der Waals surface area contributed by atoms with E-state index in [0.717, 1.165) is 37.7 Å². The van der Waals surface area contributed by atoms with E-state index in [1.807, 2.05) is 0 Å². The Labute approximate surface area is 110 Å². The molecule has 1 aliphatic heterocycles. The number of rotatable bonds is 3. The van der Waals surface area contributed by atoms with E-state index in [2.05, 4.69) is 10.6 Å². The highest BCUT2D eigenvalue weighted by Gasteiger charge is 2.18. The van der Waals surface area contributed by atoms with Gasteiger partial charge in [-0.05, 0) is 37.6 Å². The van der Waals surface area contributed by atoms with Crippen LogP contribution in [-0.2, 0) is 4.79 Å². The number of nitrogens with one attached hydrogen (secondary N) is 2. The molecule has 1 aliphatic rings. The second kappa shape index (κ2) is 6.66. The van der Waals surface area contributed by atoms with Crippen molar-refractivity contribution >= 4 is 24.0 Å². The van der Waals surface area contributed by atoms with E-state index in [1.54, 1.807) is 0 Å². The Bertz CT molecular complexity index is 402. The molecular weight excluding hydrogens is 262 g/mol. The summed E-state index contributed by atoms with van der Waals surface area (Å²) in [6, 6.07) is 2.98. The number of carbonyl (C=O) groups excluding carboxylic acids is 1. The molecule has 100 valence electrons. The van der Waals surface area contributed by atoms with Crippen LogP contribution in [0.4, 0.5) is 14.5 Å². The van der Waals surface area contributed by atoms with E-state index in [0.29, 0.717) is 12.3 Å². The Hall–Kier alpha value is -1.20. The quantitative estimate of drug-likeness (QED) is 0.890. The summed E-state index contributed by atoms with van der Waals surface area (Å²) in [7, 11) is 0. The summed E-state index contributed by atoms with van der Waals surface area (Å²) in [5.74, 6) is -1.28. The molecule has 1 amide bonds. The fourth-order valence-electron chi connectivity index (χ4n) is 1.99. The van der Waals surface area contributed by atoms with E-state index < -0.39 is 11.6 Å². The topological polar surface area (TPSA) is 41.1 Å². The molecule has 0 aromatic heterocycles. The first kappa shape index (κ1) is 14.9. The van der Waals surface area contributed by atoms with Gasteiger partial charge in [-0.25, -0.2) is 8.78 Å². The van der Waals surface area contributed by atoms with Crippen LogP contribution in [0, 0.1) is 17.6 Å². The molecule has 6 heteroatoms. The van der Waals surface area contributed by atoms with Crippen molar-refractivity contribution in [3.8, 4) is 0 Å². The largest absolute Gasteiger partial charge is 0.326 e. The monoisotopic (exact) mass is 276 g/mol. The van der Waals surface area contributed by atoms with Crippen molar-refractivity contribution in [1.82, 2.24) is 5.32 Å². The summed E-state index contributed by atoms with van der Waals surface area (Å²) < 4.78 is 25.8. The number of halogens is 3. The highest BCUT2D eigenvalue weighted by atomic mass is 35.5. The zero-order valence-corrected chi connectivity index (χ0v) is 10.5. The maximum atomic E-state index is 12.9. The van der Waals surface area contributed by atoms with Gasteiger partial charge < -0.3 is 10.6 Å². The molecule has 1 fully saturated rings. The highest BCUT2D eigenvalue weighted by molar-refractivity contribution is 5.90. The molecule has 0 bridgehead atoms. The number of benzene rings is 1. The van der Waals surface area contributed by atoms with Crippen LogP contribution in [0.25, 0.3) is 0 Å². The van der Waals surface area contributed by atoms with Gasteiger partial charge in [0.15, 0.2) is 0 Å². The Morgan fingerprint density at radius 2 is 2.00 bits per heavy atom. The first-order chi connectivity index (χ1) is 8.13. The predicted molar refractivity (Wildman–Crippen MR) is 67.8 cm³/mol. The van der Waals surface area contributed by atoms with Crippen molar-refractivity contribution < 1.29 is 13.6 Å². The van der Waals surface area contributed by atoms with Gasteiger partial charge in [0.25, 0.3) is 0 Å². The standard InChI is InChI=1S/C12H14F2N2O.ClH/c13-9-4-10(14)6-11(5-9)16-12(17)3-8-1-2-15-7-8;/h4-6,8,15H,1-3,7H2,(H,16,17);1H. The predicted octanol–water partition coefficient (Wildman–Crippen LogP) is 2.32. The maximum Gasteiger partial charge on any atom is 0.224 e. The Morgan fingerprint density at radius 1 is 1.33 bits per heavy atom. The van der Waals surface area contributed by atoms with E-state index in [9.17, 15) is 13.6 Å². The normalized spacial score (nSPS) is 18.2. The Kier molecular flexibility index (Phi) is 5.50. The van der Waals surface area contributed by atoms with Crippen molar-refractivity contribution in [2.75, 3.05) is 18.4 Å². The fraction of sp³-hybridized carbons (Fsp3) is 0.417. The molecule has 1 aromatic rings. The molecule has 18 heavy (non-hydrogen) atoms. The molecule has 1 aromatic carbocycles. The van der Waals surface area contributed by atoms with Gasteiger partial charge in [0.2, 0.25) is 5.91 Å². The summed E-state index contributed by atoms with van der Waals surface area (Å²) in [6.45, 7) is 1.75. The van der Waals surface area contributed by atoms with E-state index in [1.165, 1.54) is 0 Å². The van der Waals surface area contributed by atoms with Gasteiger partial charge in [-0.15, -0.1) is 12.4 Å². The third-order valence-corrected chi connectivity index (χ3v) is 2.78. The second-order valence-electron chi connectivity index (χ2n) is 4.27. The molecule has 1 atom stereocenters. The Morgan fingerprint density at radius 3 is 2.56 bits per heavy atom. The molecule has 3 nitrogen and oxygen atoms in total. The number of anilines is 1. The van der Waals surface area contributed by atoms with Crippen LogP contribution >= 0.6 is 12.4 Å². The minimum absolute atomic E-state index is 0. The maximum absolute atomic E-state index is 12.9. The van der Waals surface area contributed by atoms with Gasteiger partial charge in [0.1, 0.15) is 11.6 Å². The van der Waals surface area contributed by atoms with E-state index >= 15 is 0 Å². The zero-order chi connectivity index (χ0) is 12.3. The molecule has 1 heterocycles.